The fraction of sp³-hybridized carbons (Fsp3) is 0.276. The molecule has 0 aliphatic carbocycles. The molecule has 0 aliphatic rings. The van der Waals surface area contributed by atoms with Gasteiger partial charge in [-0.15, -0.1) is 11.3 Å². The summed E-state index contributed by atoms with van der Waals surface area (Å²) in [5.41, 5.74) is 3.17. The highest BCUT2D eigenvalue weighted by Gasteiger charge is 2.24. The van der Waals surface area contributed by atoms with Gasteiger partial charge < -0.3 is 19.3 Å². The molecular weight excluding hydrogens is 585 g/mol. The van der Waals surface area contributed by atoms with Crippen LogP contribution in [0.2, 0.25) is 5.02 Å². The average molecular weight is 612 g/mol. The Hall–Kier alpha value is -4.13. The maximum absolute atomic E-state index is 15.3. The summed E-state index contributed by atoms with van der Waals surface area (Å²) < 4.78 is 32.5. The molecule has 0 spiro atoms. The first-order chi connectivity index (χ1) is 20.2. The van der Waals surface area contributed by atoms with Gasteiger partial charge in [0, 0.05) is 23.4 Å². The summed E-state index contributed by atoms with van der Waals surface area (Å²) in [6, 6.07) is 7.43. The normalized spacial score (nSPS) is 12.7. The molecule has 1 amide bonds. The number of hydrogen-bond acceptors (Lipinski definition) is 10. The van der Waals surface area contributed by atoms with Crippen LogP contribution in [0, 0.1) is 12.7 Å². The lowest BCUT2D eigenvalue weighted by Crippen LogP contribution is -2.32. The molecule has 42 heavy (non-hydrogen) atoms. The van der Waals surface area contributed by atoms with E-state index in [1.54, 1.807) is 33.2 Å². The second-order valence-corrected chi connectivity index (χ2v) is 11.0. The molecule has 13 heteroatoms. The second-order valence-electron chi connectivity index (χ2n) is 9.55. The number of methoxy groups -OCH3 is 1. The Bertz CT molecular complexity index is 1770. The standard InChI is InChI=1S/C29H27ClFN5O5S/c1-14-7-17-9-19(39-4)13-34-26(17)20(8-14)28-36-27-22(42-28)10-21(25(31)24(27)30)40-15(2)16(3)41-29(38)35-18-11-32-23(5-6-37)33-12-18/h7-13,15-16,37H,5-6H2,1-4H3,(H,35,38)/t15-,16+/m0/s1. The van der Waals surface area contributed by atoms with E-state index >= 15 is 4.39 Å². The van der Waals surface area contributed by atoms with Crippen molar-refractivity contribution in [3.63, 3.8) is 0 Å². The van der Waals surface area contributed by atoms with E-state index in [0.29, 0.717) is 38.9 Å². The molecule has 5 aromatic rings. The number of halogens is 2. The molecule has 0 unspecified atom stereocenters. The van der Waals surface area contributed by atoms with Crippen molar-refractivity contribution in [3.05, 3.63) is 65.1 Å². The summed E-state index contributed by atoms with van der Waals surface area (Å²) >= 11 is 7.76. The number of carbonyl (C=O) groups is 1. The van der Waals surface area contributed by atoms with E-state index in [-0.39, 0.29) is 17.4 Å². The van der Waals surface area contributed by atoms with Gasteiger partial charge in [-0.2, -0.15) is 0 Å². The fourth-order valence-corrected chi connectivity index (χ4v) is 5.51. The summed E-state index contributed by atoms with van der Waals surface area (Å²) in [6.07, 6.45) is 2.52. The summed E-state index contributed by atoms with van der Waals surface area (Å²) in [5, 5.41) is 12.8. The molecule has 0 saturated heterocycles. The summed E-state index contributed by atoms with van der Waals surface area (Å²) in [6.45, 7) is 5.17. The van der Waals surface area contributed by atoms with Crippen LogP contribution < -0.4 is 14.8 Å². The molecule has 10 nitrogen and oxygen atoms in total. The number of amides is 1. The van der Waals surface area contributed by atoms with Crippen molar-refractivity contribution in [2.24, 2.45) is 0 Å². The Morgan fingerprint density at radius 1 is 1.10 bits per heavy atom. The van der Waals surface area contributed by atoms with E-state index < -0.39 is 24.1 Å². The quantitative estimate of drug-likeness (QED) is 0.196. The molecule has 0 bridgehead atoms. The van der Waals surface area contributed by atoms with Crippen molar-refractivity contribution >= 4 is 55.8 Å². The average Bonchev–Trinajstić information content (AvgIpc) is 3.40. The van der Waals surface area contributed by atoms with Crippen LogP contribution in [0.15, 0.2) is 42.9 Å². The van der Waals surface area contributed by atoms with E-state index in [1.165, 1.54) is 23.7 Å². The molecule has 2 N–H and O–H groups in total. The van der Waals surface area contributed by atoms with Crippen molar-refractivity contribution in [2.75, 3.05) is 19.0 Å². The van der Waals surface area contributed by atoms with Gasteiger partial charge in [-0.25, -0.2) is 24.1 Å². The number of pyridine rings is 1. The lowest BCUT2D eigenvalue weighted by molar-refractivity contribution is 0.0402. The van der Waals surface area contributed by atoms with Crippen LogP contribution in [-0.2, 0) is 11.2 Å². The molecule has 0 saturated carbocycles. The van der Waals surface area contributed by atoms with E-state index in [1.807, 2.05) is 25.1 Å². The van der Waals surface area contributed by atoms with Gasteiger partial charge in [0.25, 0.3) is 0 Å². The van der Waals surface area contributed by atoms with Gasteiger partial charge in [-0.05, 0) is 44.5 Å². The topological polar surface area (TPSA) is 129 Å². The molecule has 3 heterocycles. The van der Waals surface area contributed by atoms with Gasteiger partial charge >= 0.3 is 6.09 Å². The zero-order chi connectivity index (χ0) is 30.0. The minimum absolute atomic E-state index is 0.0789. The third kappa shape index (κ3) is 6.20. The number of fused-ring (bicyclic) bond motifs is 2. The molecule has 0 fully saturated rings. The summed E-state index contributed by atoms with van der Waals surface area (Å²) in [5.74, 6) is 0.238. The van der Waals surface area contributed by atoms with Gasteiger partial charge in [-0.3, -0.25) is 10.3 Å². The molecule has 5 rings (SSSR count). The number of nitrogens with zero attached hydrogens (tertiary/aromatic N) is 4. The highest BCUT2D eigenvalue weighted by atomic mass is 35.5. The molecule has 218 valence electrons. The van der Waals surface area contributed by atoms with Crippen LogP contribution in [-0.4, -0.2) is 57.1 Å². The SMILES string of the molecule is COc1cnc2c(-c3nc4c(Cl)c(F)c(O[C@@H](C)[C@@H](C)OC(=O)Nc5cnc(CCO)nc5)cc4s3)cc(C)cc2c1. The van der Waals surface area contributed by atoms with Gasteiger partial charge in [0.2, 0.25) is 0 Å². The van der Waals surface area contributed by atoms with Crippen LogP contribution in [0.1, 0.15) is 25.2 Å². The third-order valence-electron chi connectivity index (χ3n) is 6.45. The van der Waals surface area contributed by atoms with Crippen molar-refractivity contribution in [1.29, 1.82) is 0 Å². The Labute approximate surface area is 249 Å². The van der Waals surface area contributed by atoms with Crippen LogP contribution >= 0.6 is 22.9 Å². The Kier molecular flexibility index (Phi) is 8.66. The predicted octanol–water partition coefficient (Wildman–Crippen LogP) is 6.35. The first-order valence-electron chi connectivity index (χ1n) is 13.0. The number of benzene rings is 2. The summed E-state index contributed by atoms with van der Waals surface area (Å²) in [7, 11) is 1.59. The number of thiazole rings is 1. The number of aromatic nitrogens is 4. The number of aliphatic hydroxyl groups excluding tert-OH is 1. The number of ether oxygens (including phenoxy) is 3. The lowest BCUT2D eigenvalue weighted by atomic mass is 10.1. The van der Waals surface area contributed by atoms with E-state index in [0.717, 1.165) is 22.0 Å². The zero-order valence-electron chi connectivity index (χ0n) is 23.1. The molecule has 0 radical (unpaired) electrons. The maximum Gasteiger partial charge on any atom is 0.412 e. The number of hydrogen-bond donors (Lipinski definition) is 2. The van der Waals surface area contributed by atoms with Crippen molar-refractivity contribution in [3.8, 4) is 22.1 Å². The van der Waals surface area contributed by atoms with Crippen molar-refractivity contribution < 1.29 is 28.5 Å². The summed E-state index contributed by atoms with van der Waals surface area (Å²) in [4.78, 5) is 29.7. The van der Waals surface area contributed by atoms with Crippen LogP contribution in [0.3, 0.4) is 0 Å². The molecule has 2 atom stereocenters. The molecular formula is C29H27ClFN5O5S. The second kappa shape index (κ2) is 12.4. The minimum Gasteiger partial charge on any atom is -0.495 e. The fourth-order valence-electron chi connectivity index (χ4n) is 4.19. The number of aryl methyl sites for hydroxylation is 1. The van der Waals surface area contributed by atoms with Crippen LogP contribution in [0.25, 0.3) is 31.7 Å². The highest BCUT2D eigenvalue weighted by molar-refractivity contribution is 7.21. The van der Waals surface area contributed by atoms with Crippen molar-refractivity contribution in [2.45, 2.75) is 39.4 Å². The lowest BCUT2D eigenvalue weighted by Gasteiger charge is -2.22. The largest absolute Gasteiger partial charge is 0.495 e. The van der Waals surface area contributed by atoms with Crippen molar-refractivity contribution in [1.82, 2.24) is 19.9 Å². The highest BCUT2D eigenvalue weighted by Crippen LogP contribution is 2.41. The van der Waals surface area contributed by atoms with Crippen LogP contribution in [0.5, 0.6) is 11.5 Å². The minimum atomic E-state index is -0.762. The van der Waals surface area contributed by atoms with E-state index in [4.69, 9.17) is 30.9 Å². The number of aliphatic hydroxyl groups is 1. The van der Waals surface area contributed by atoms with Gasteiger partial charge in [-0.1, -0.05) is 11.6 Å². The smallest absolute Gasteiger partial charge is 0.412 e. The maximum atomic E-state index is 15.3. The zero-order valence-corrected chi connectivity index (χ0v) is 24.7. The van der Waals surface area contributed by atoms with Crippen LogP contribution in [0.4, 0.5) is 14.9 Å². The first-order valence-corrected chi connectivity index (χ1v) is 14.2. The number of rotatable bonds is 9. The van der Waals surface area contributed by atoms with E-state index in [9.17, 15) is 4.79 Å². The Morgan fingerprint density at radius 2 is 1.86 bits per heavy atom. The first kappa shape index (κ1) is 29.4. The van der Waals surface area contributed by atoms with Gasteiger partial charge in [0.1, 0.15) is 39.3 Å². The monoisotopic (exact) mass is 611 g/mol. The number of carbonyl (C=O) groups excluding carboxylic acids is 1. The Balaban J connectivity index is 1.34. The molecule has 2 aromatic carbocycles. The third-order valence-corrected chi connectivity index (χ3v) is 7.84. The molecule has 0 aliphatic heterocycles. The van der Waals surface area contributed by atoms with E-state index in [2.05, 4.69) is 25.3 Å². The van der Waals surface area contributed by atoms with Gasteiger partial charge in [0.05, 0.1) is 48.2 Å². The number of anilines is 1. The Morgan fingerprint density at radius 3 is 2.57 bits per heavy atom. The number of nitrogens with one attached hydrogen (secondary N) is 1. The molecule has 3 aromatic heterocycles. The predicted molar refractivity (Wildman–Crippen MR) is 159 cm³/mol. The van der Waals surface area contributed by atoms with Gasteiger partial charge in [0.15, 0.2) is 11.6 Å².